The number of hydrogen-bond acceptors (Lipinski definition) is 10. The van der Waals surface area contributed by atoms with Gasteiger partial charge in [0.15, 0.2) is 0 Å². The number of likely N-dealkylation sites (tertiary alicyclic amines) is 6. The van der Waals surface area contributed by atoms with Gasteiger partial charge < -0.3 is 9.84 Å². The van der Waals surface area contributed by atoms with Gasteiger partial charge in [0, 0.05) is 109 Å². The fourth-order valence-corrected chi connectivity index (χ4v) is 28.3. The number of nitrogens with zero attached hydrogens (tertiary/aromatic N) is 7. The van der Waals surface area contributed by atoms with E-state index in [2.05, 4.69) is 267 Å². The molecule has 8 fully saturated rings. The number of fused-ring (bicyclic) bond motifs is 30. The smallest absolute Gasteiger partial charge is 0.306 e. The molecule has 6 saturated heterocycles. The summed E-state index contributed by atoms with van der Waals surface area (Å²) in [5.74, 6) is 5.29. The molecule has 25 rings (SSSR count). The van der Waals surface area contributed by atoms with Crippen molar-refractivity contribution in [2.24, 2.45) is 5.92 Å². The Morgan fingerprint density at radius 2 is 0.688 bits per heavy atom. The number of halogens is 3. The monoisotopic (exact) mass is 1900 g/mol. The molecule has 138 heavy (non-hydrogen) atoms. The van der Waals surface area contributed by atoms with Gasteiger partial charge in [-0.25, -0.2) is 0 Å². The van der Waals surface area contributed by atoms with Crippen molar-refractivity contribution < 1.29 is 14.6 Å². The van der Waals surface area contributed by atoms with E-state index in [1.807, 2.05) is 24.5 Å². The third-order valence-electron chi connectivity index (χ3n) is 34.7. The molecule has 722 valence electrons. The number of hydrogen-bond donors (Lipinski definition) is 1. The number of rotatable bonds is 16. The van der Waals surface area contributed by atoms with Gasteiger partial charge in [-0.15, -0.1) is 0 Å². The van der Waals surface area contributed by atoms with Crippen molar-refractivity contribution in [1.29, 1.82) is 0 Å². The number of benzene rings is 10. The number of aromatic nitrogens is 1. The Balaban J connectivity index is 0.000000102. The van der Waals surface area contributed by atoms with Crippen LogP contribution in [0.25, 0.3) is 33.4 Å². The van der Waals surface area contributed by atoms with Gasteiger partial charge in [-0.2, -0.15) is 0 Å². The molecule has 12 atom stereocenters. The number of aliphatic hydroxyl groups is 1. The van der Waals surface area contributed by atoms with Gasteiger partial charge in [-0.05, 0) is 421 Å². The SMILES string of the molecule is COC(=O)CCN1CCC[C@@H]2C[C@@H]1c1cc(-c3ccc(C)cc3)ccc12.Cc1ccc(-c2ccc3c(c2)[C@H]2C[C@@H]3CCCN2C2CCCC2)cc1.Cc1ccc(-c2ccc3c(c2)[C@H]2C[C@H]3CCCN2CCCO)cc1.Clc1ccc2c(c1)[C@H]1C[C@@H]2CCCN1CC1CCCCC1.Clc1ccc2c(c1)[C@H]1C[C@@H]2CCCN1Cc1ccccc1.Clc1ccc2c(c1)[C@H]1C[C@@H]2CCCN1Cc1cccnc1. The van der Waals surface area contributed by atoms with Crippen molar-refractivity contribution in [1.82, 2.24) is 34.4 Å². The minimum absolute atomic E-state index is 0.113. The Morgan fingerprint density at radius 1 is 0.341 bits per heavy atom. The lowest BCUT2D eigenvalue weighted by molar-refractivity contribution is -0.141. The third kappa shape index (κ3) is 22.4. The number of ether oxygens (including phenoxy) is 1. The zero-order chi connectivity index (χ0) is 94.1. The number of esters is 1. The van der Waals surface area contributed by atoms with E-state index in [9.17, 15) is 9.90 Å². The van der Waals surface area contributed by atoms with Gasteiger partial charge in [0.1, 0.15) is 0 Å². The third-order valence-corrected chi connectivity index (χ3v) is 35.5. The largest absolute Gasteiger partial charge is 0.469 e. The average Bonchev–Trinajstić information content (AvgIpc) is 1.62. The van der Waals surface area contributed by atoms with Crippen LogP contribution in [0.15, 0.2) is 237 Å². The molecule has 0 radical (unpaired) electrons. The first-order valence-electron chi connectivity index (χ1n) is 53.7. The van der Waals surface area contributed by atoms with Crippen LogP contribution < -0.4 is 0 Å². The molecule has 13 heteroatoms. The second kappa shape index (κ2) is 45.3. The summed E-state index contributed by atoms with van der Waals surface area (Å²) >= 11 is 18.8. The molecule has 12 bridgehead atoms. The highest BCUT2D eigenvalue weighted by Gasteiger charge is 2.45. The van der Waals surface area contributed by atoms with Crippen molar-refractivity contribution in [3.63, 3.8) is 0 Å². The minimum Gasteiger partial charge on any atom is -0.469 e. The number of methoxy groups -OCH3 is 1. The summed E-state index contributed by atoms with van der Waals surface area (Å²) in [5, 5.41) is 11.9. The van der Waals surface area contributed by atoms with Crippen LogP contribution in [0.2, 0.25) is 15.1 Å². The van der Waals surface area contributed by atoms with E-state index in [0.717, 1.165) is 95.8 Å². The highest BCUT2D eigenvalue weighted by molar-refractivity contribution is 6.31. The predicted molar refractivity (Wildman–Crippen MR) is 570 cm³/mol. The number of pyridine rings is 1. The first-order chi connectivity index (χ1) is 67.6. The van der Waals surface area contributed by atoms with Gasteiger partial charge in [-0.1, -0.05) is 247 Å². The lowest BCUT2D eigenvalue weighted by atomic mass is 9.88. The highest BCUT2D eigenvalue weighted by atomic mass is 35.5. The second-order valence-corrected chi connectivity index (χ2v) is 44.7. The maximum Gasteiger partial charge on any atom is 0.306 e. The molecule has 1 aromatic heterocycles. The lowest BCUT2D eigenvalue weighted by Gasteiger charge is -2.34. The van der Waals surface area contributed by atoms with Gasteiger partial charge in [0.2, 0.25) is 0 Å². The maximum atomic E-state index is 11.6. The zero-order valence-electron chi connectivity index (χ0n) is 82.6. The molecule has 10 aromatic carbocycles. The van der Waals surface area contributed by atoms with E-state index >= 15 is 0 Å². The summed E-state index contributed by atoms with van der Waals surface area (Å²) in [7, 11) is 1.47. The summed E-state index contributed by atoms with van der Waals surface area (Å²) in [6, 6.07) is 87.0. The van der Waals surface area contributed by atoms with Crippen LogP contribution in [0.5, 0.6) is 0 Å². The fourth-order valence-electron chi connectivity index (χ4n) is 27.7. The Hall–Kier alpha value is -8.59. The standard InChI is InChI=1S/C24H29N.C23H27NO2.C22H27NO.C19H26ClN.C19H20ClN.C18H19ClN2/c1-17-8-10-18(11-9-17)19-12-13-22-20-5-4-14-25(21-6-2-3-7-21)24(16-20)23(22)15-19;1-16-5-7-17(8-6-16)18-9-10-20-19-4-3-12-24(13-11-23(25)26-2)22(15-19)21(20)14-18;1-16-5-7-17(8-6-16)18-9-10-20-19-4-2-11-23(12-3-13-24)22(15-19)21(20)14-18;2*20-16-8-9-17-15-7-4-10-21(19(11-15)18(17)12-16)13-14-5-2-1-3-6-14;19-15-5-6-16-14-4-2-8-21(18(9-14)17(16)10-15)12-13-3-1-7-20-11-13/h8-13,15,20-21,24H,2-7,14,16H2,1H3;5-10,14,19,22H,3-4,11-13,15H2,1-2H3;5-10,14,19,22,24H,2-4,11-13,15H2,1H3;8-9,12,14-15,19H,1-7,10-11,13H2;1-3,5-6,8-9,12,15,19H,4,7,10-11,13H2;1,3,5-7,10-11,14,18H,2,4,8-9,12H2/t20-,24+;2*19-,22-;2*15-,19+;14-,18+/m011000/s1. The highest BCUT2D eigenvalue weighted by Crippen LogP contribution is 2.57. The van der Waals surface area contributed by atoms with E-state index in [-0.39, 0.29) is 5.97 Å². The Labute approximate surface area is 840 Å². The molecule has 11 aromatic rings. The summed E-state index contributed by atoms with van der Waals surface area (Å²) in [6.45, 7) is 19.1. The molecule has 0 amide bonds. The topological polar surface area (TPSA) is 78.9 Å². The molecule has 1 N–H and O–H groups in total. The number of carbonyl (C=O) groups excluding carboxylic acids is 1. The maximum absolute atomic E-state index is 11.6. The van der Waals surface area contributed by atoms with E-state index < -0.39 is 0 Å². The summed E-state index contributed by atoms with van der Waals surface area (Å²) in [4.78, 5) is 31.9. The molecule has 2 saturated carbocycles. The molecule has 8 aliphatic carbocycles. The van der Waals surface area contributed by atoms with Crippen LogP contribution in [-0.2, 0) is 22.6 Å². The number of carbonyl (C=O) groups is 1. The molecule has 0 spiro atoms. The van der Waals surface area contributed by atoms with E-state index in [0.29, 0.717) is 55.2 Å². The lowest BCUT2D eigenvalue weighted by Crippen LogP contribution is -2.36. The fraction of sp³-hybridized carbons (Fsp3) is 0.472. The molecule has 7 heterocycles. The number of aliphatic hydroxyl groups excluding tert-OH is 1. The summed E-state index contributed by atoms with van der Waals surface area (Å²) < 4.78 is 4.84. The van der Waals surface area contributed by atoms with Crippen LogP contribution in [0.1, 0.15) is 353 Å². The van der Waals surface area contributed by atoms with Crippen molar-refractivity contribution in [2.75, 3.05) is 72.6 Å². The van der Waals surface area contributed by atoms with Crippen LogP contribution in [0.4, 0.5) is 0 Å². The summed E-state index contributed by atoms with van der Waals surface area (Å²) in [6.07, 6.45) is 41.6. The first kappa shape index (κ1) is 96.9. The minimum atomic E-state index is -0.113. The van der Waals surface area contributed by atoms with Crippen LogP contribution in [0, 0.1) is 26.7 Å². The van der Waals surface area contributed by atoms with E-state index in [4.69, 9.17) is 39.5 Å². The quantitative estimate of drug-likeness (QED) is 0.0945. The average molecular weight is 1900 g/mol. The van der Waals surface area contributed by atoms with Gasteiger partial charge in [0.05, 0.1) is 13.5 Å². The predicted octanol–water partition coefficient (Wildman–Crippen LogP) is 31.0. The zero-order valence-corrected chi connectivity index (χ0v) is 84.9. The second-order valence-electron chi connectivity index (χ2n) is 43.4. The summed E-state index contributed by atoms with van der Waals surface area (Å²) in [5.41, 5.74) is 33.2. The Morgan fingerprint density at radius 3 is 1.11 bits per heavy atom. The van der Waals surface area contributed by atoms with Gasteiger partial charge in [-0.3, -0.25) is 39.2 Å². The normalized spacial score (nSPS) is 25.0. The van der Waals surface area contributed by atoms with Crippen LogP contribution in [0.3, 0.4) is 0 Å². The van der Waals surface area contributed by atoms with Crippen molar-refractivity contribution >= 4 is 40.8 Å². The number of aryl methyl sites for hydroxylation is 3. The van der Waals surface area contributed by atoms with Gasteiger partial charge in [0.25, 0.3) is 0 Å². The first-order valence-corrected chi connectivity index (χ1v) is 54.8. The molecular weight excluding hydrogens is 1750 g/mol. The molecule has 14 aliphatic rings. The molecular formula is C125H148Cl3N7O3. The van der Waals surface area contributed by atoms with Crippen molar-refractivity contribution in [2.45, 2.75) is 298 Å². The molecule has 10 nitrogen and oxygen atoms in total. The molecule has 6 aliphatic heterocycles. The van der Waals surface area contributed by atoms with E-state index in [1.165, 1.54) is 314 Å². The van der Waals surface area contributed by atoms with Crippen LogP contribution >= 0.6 is 34.8 Å². The van der Waals surface area contributed by atoms with Gasteiger partial charge >= 0.3 is 5.97 Å². The van der Waals surface area contributed by atoms with Crippen molar-refractivity contribution in [3.05, 3.63) is 346 Å². The Bertz CT molecular complexity index is 5780. The van der Waals surface area contributed by atoms with E-state index in [1.54, 1.807) is 33.4 Å². The van der Waals surface area contributed by atoms with Crippen LogP contribution in [-0.4, -0.2) is 124 Å². The van der Waals surface area contributed by atoms with Crippen molar-refractivity contribution in [3.8, 4) is 33.4 Å². The Kier molecular flexibility index (Phi) is 31.8. The molecule has 0 unspecified atom stereocenters.